The van der Waals surface area contributed by atoms with Crippen LogP contribution in [0.15, 0.2) is 0 Å². The monoisotopic (exact) mass is 147 g/mol. The first-order valence-electron chi connectivity index (χ1n) is 3.92. The van der Waals surface area contributed by atoms with Crippen LogP contribution in [0.25, 0.3) is 0 Å². The Hall–Kier alpha value is -0.110. The van der Waals surface area contributed by atoms with E-state index in [1.807, 2.05) is 18.9 Å². The van der Waals surface area contributed by atoms with Crippen LogP contribution in [0.5, 0.6) is 0 Å². The summed E-state index contributed by atoms with van der Waals surface area (Å²) in [6.07, 6.45) is -0.0377. The van der Waals surface area contributed by atoms with E-state index in [4.69, 9.17) is 0 Å². The summed E-state index contributed by atoms with van der Waals surface area (Å²) >= 11 is 0. The van der Waals surface area contributed by atoms with E-state index in [0.29, 0.717) is 19.0 Å². The second-order valence-electron chi connectivity index (χ2n) is 3.04. The number of hydrogen-bond donors (Lipinski definition) is 0. The minimum Gasteiger partial charge on any atom is -0.301 e. The lowest BCUT2D eigenvalue weighted by atomic mass is 10.2. The van der Waals surface area contributed by atoms with Crippen LogP contribution in [0, 0.1) is 0 Å². The zero-order valence-electron chi connectivity index (χ0n) is 7.39. The van der Waals surface area contributed by atoms with Gasteiger partial charge >= 0.3 is 0 Å². The molecule has 0 spiro atoms. The highest BCUT2D eigenvalue weighted by atomic mass is 19.1. The fraction of sp³-hybridized carbons (Fsp3) is 1.00. The third-order valence-corrected chi connectivity index (χ3v) is 1.81. The molecule has 0 heterocycles. The highest BCUT2D eigenvalue weighted by molar-refractivity contribution is 4.62. The first-order chi connectivity index (χ1) is 4.57. The maximum absolute atomic E-state index is 12.7. The minimum atomic E-state index is -0.660. The summed E-state index contributed by atoms with van der Waals surface area (Å²) in [7, 11) is 1.95. The predicted octanol–water partition coefficient (Wildman–Crippen LogP) is 2.07. The van der Waals surface area contributed by atoms with E-state index in [-0.39, 0.29) is 0 Å². The summed E-state index contributed by atoms with van der Waals surface area (Å²) in [5.74, 6) is 0. The minimum absolute atomic E-state index is 0.449. The van der Waals surface area contributed by atoms with Crippen molar-refractivity contribution in [1.82, 2.24) is 4.90 Å². The molecule has 0 aliphatic heterocycles. The lowest BCUT2D eigenvalue weighted by Gasteiger charge is -2.22. The maximum atomic E-state index is 12.7. The molecule has 0 saturated carbocycles. The first-order valence-corrected chi connectivity index (χ1v) is 3.92. The van der Waals surface area contributed by atoms with Gasteiger partial charge in [-0.2, -0.15) is 0 Å². The molecule has 0 saturated heterocycles. The summed E-state index contributed by atoms with van der Waals surface area (Å²) < 4.78 is 12.7. The predicted molar refractivity (Wildman–Crippen MR) is 43.0 cm³/mol. The molecule has 0 unspecified atom stereocenters. The molecule has 1 atom stereocenters. The Morgan fingerprint density at radius 1 is 1.40 bits per heavy atom. The number of alkyl halides is 1. The van der Waals surface area contributed by atoms with Crippen LogP contribution < -0.4 is 0 Å². The van der Waals surface area contributed by atoms with Crippen LogP contribution in [0.1, 0.15) is 27.2 Å². The van der Waals surface area contributed by atoms with Crippen molar-refractivity contribution < 1.29 is 4.39 Å². The Balaban J connectivity index is 3.46. The van der Waals surface area contributed by atoms with Gasteiger partial charge in [0.05, 0.1) is 0 Å². The molecular weight excluding hydrogens is 129 g/mol. The summed E-state index contributed by atoms with van der Waals surface area (Å²) in [5, 5.41) is 0. The Morgan fingerprint density at radius 2 is 1.90 bits per heavy atom. The molecule has 62 valence electrons. The fourth-order valence-electron chi connectivity index (χ4n) is 0.652. The van der Waals surface area contributed by atoms with Crippen molar-refractivity contribution in [3.05, 3.63) is 0 Å². The zero-order chi connectivity index (χ0) is 8.15. The first kappa shape index (κ1) is 9.89. The van der Waals surface area contributed by atoms with Crippen molar-refractivity contribution in [2.45, 2.75) is 39.4 Å². The fourth-order valence-corrected chi connectivity index (χ4v) is 0.652. The Labute approximate surface area is 63.2 Å². The molecule has 0 rings (SSSR count). The second kappa shape index (κ2) is 4.67. The van der Waals surface area contributed by atoms with Gasteiger partial charge in [0.15, 0.2) is 0 Å². The highest BCUT2D eigenvalue weighted by Crippen LogP contribution is 2.01. The molecule has 1 nitrogen and oxygen atoms in total. The Bertz CT molecular complexity index is 83.3. The summed E-state index contributed by atoms with van der Waals surface area (Å²) in [6.45, 7) is 6.58. The summed E-state index contributed by atoms with van der Waals surface area (Å²) in [4.78, 5) is 2.02. The van der Waals surface area contributed by atoms with Crippen molar-refractivity contribution in [1.29, 1.82) is 0 Å². The van der Waals surface area contributed by atoms with Gasteiger partial charge in [-0.3, -0.25) is 0 Å². The van der Waals surface area contributed by atoms with Gasteiger partial charge < -0.3 is 4.90 Å². The maximum Gasteiger partial charge on any atom is 0.112 e. The number of halogens is 1. The van der Waals surface area contributed by atoms with E-state index < -0.39 is 6.17 Å². The molecule has 0 bridgehead atoms. The van der Waals surface area contributed by atoms with Gasteiger partial charge in [0, 0.05) is 12.6 Å². The Kier molecular flexibility index (Phi) is 4.62. The van der Waals surface area contributed by atoms with E-state index in [0.717, 1.165) is 0 Å². The molecule has 0 aliphatic rings. The Morgan fingerprint density at radius 3 is 2.20 bits per heavy atom. The van der Waals surface area contributed by atoms with Crippen molar-refractivity contribution in [2.75, 3.05) is 13.6 Å². The molecule has 0 fully saturated rings. The number of rotatable bonds is 4. The molecular formula is C8H18FN. The van der Waals surface area contributed by atoms with Gasteiger partial charge in [-0.15, -0.1) is 0 Å². The topological polar surface area (TPSA) is 3.24 Å². The lowest BCUT2D eigenvalue weighted by molar-refractivity contribution is 0.187. The molecule has 0 aromatic rings. The SMILES string of the molecule is CC[C@H](F)CN(C)C(C)C. The van der Waals surface area contributed by atoms with Gasteiger partial charge in [-0.25, -0.2) is 4.39 Å². The van der Waals surface area contributed by atoms with Gasteiger partial charge in [-0.05, 0) is 27.3 Å². The average Bonchev–Trinajstić information content (AvgIpc) is 1.87. The third kappa shape index (κ3) is 3.83. The van der Waals surface area contributed by atoms with Crippen LogP contribution in [0.2, 0.25) is 0 Å². The normalized spacial score (nSPS) is 14.7. The molecule has 0 radical (unpaired) electrons. The summed E-state index contributed by atoms with van der Waals surface area (Å²) in [6, 6.07) is 0.449. The van der Waals surface area contributed by atoms with Crippen molar-refractivity contribution in [3.63, 3.8) is 0 Å². The molecule has 2 heteroatoms. The van der Waals surface area contributed by atoms with Crippen molar-refractivity contribution in [3.8, 4) is 0 Å². The number of nitrogens with zero attached hydrogens (tertiary/aromatic N) is 1. The summed E-state index contributed by atoms with van der Waals surface area (Å²) in [5.41, 5.74) is 0. The van der Waals surface area contributed by atoms with Crippen molar-refractivity contribution in [2.24, 2.45) is 0 Å². The molecule has 0 aromatic heterocycles. The standard InChI is InChI=1S/C8H18FN/c1-5-8(9)6-10(4)7(2)3/h7-8H,5-6H2,1-4H3/t8-/m0/s1. The van der Waals surface area contributed by atoms with Gasteiger partial charge in [0.25, 0.3) is 0 Å². The number of hydrogen-bond acceptors (Lipinski definition) is 1. The van der Waals surface area contributed by atoms with Crippen LogP contribution in [0.3, 0.4) is 0 Å². The van der Waals surface area contributed by atoms with E-state index in [2.05, 4.69) is 13.8 Å². The third-order valence-electron chi connectivity index (χ3n) is 1.81. The van der Waals surface area contributed by atoms with E-state index in [1.54, 1.807) is 0 Å². The van der Waals surface area contributed by atoms with Crippen LogP contribution in [-0.2, 0) is 0 Å². The van der Waals surface area contributed by atoms with E-state index >= 15 is 0 Å². The van der Waals surface area contributed by atoms with E-state index in [1.165, 1.54) is 0 Å². The zero-order valence-corrected chi connectivity index (χ0v) is 7.39. The largest absolute Gasteiger partial charge is 0.301 e. The van der Waals surface area contributed by atoms with Crippen LogP contribution in [-0.4, -0.2) is 30.7 Å². The molecule has 0 aliphatic carbocycles. The second-order valence-corrected chi connectivity index (χ2v) is 3.04. The van der Waals surface area contributed by atoms with Crippen molar-refractivity contribution >= 4 is 0 Å². The molecule has 0 aromatic carbocycles. The lowest BCUT2D eigenvalue weighted by Crippen LogP contribution is -2.32. The molecule has 0 amide bonds. The van der Waals surface area contributed by atoms with Crippen LogP contribution >= 0.6 is 0 Å². The quantitative estimate of drug-likeness (QED) is 0.588. The highest BCUT2D eigenvalue weighted by Gasteiger charge is 2.09. The van der Waals surface area contributed by atoms with E-state index in [9.17, 15) is 4.39 Å². The molecule has 0 N–H and O–H groups in total. The van der Waals surface area contributed by atoms with Crippen LogP contribution in [0.4, 0.5) is 4.39 Å². The van der Waals surface area contributed by atoms with Gasteiger partial charge in [0.1, 0.15) is 6.17 Å². The smallest absolute Gasteiger partial charge is 0.112 e. The molecule has 10 heavy (non-hydrogen) atoms. The average molecular weight is 147 g/mol. The van der Waals surface area contributed by atoms with Gasteiger partial charge in [0.2, 0.25) is 0 Å². The van der Waals surface area contributed by atoms with Gasteiger partial charge in [-0.1, -0.05) is 6.92 Å².